The van der Waals surface area contributed by atoms with Crippen LogP contribution in [0.1, 0.15) is 30.1 Å². The van der Waals surface area contributed by atoms with Gasteiger partial charge >= 0.3 is 0 Å². The van der Waals surface area contributed by atoms with Crippen LogP contribution in [0.3, 0.4) is 0 Å². The molecule has 0 aromatic heterocycles. The number of para-hydroxylation sites is 1. The topological polar surface area (TPSA) is 40.6 Å². The Morgan fingerprint density at radius 1 is 1.32 bits per heavy atom. The summed E-state index contributed by atoms with van der Waals surface area (Å²) in [6.07, 6.45) is 1.57. The lowest BCUT2D eigenvalue weighted by Crippen LogP contribution is -2.50. The van der Waals surface area contributed by atoms with Crippen LogP contribution in [0, 0.1) is 0 Å². The summed E-state index contributed by atoms with van der Waals surface area (Å²) in [6.45, 7) is 1.88. The van der Waals surface area contributed by atoms with Gasteiger partial charge < -0.3 is 0 Å². The highest BCUT2D eigenvalue weighted by molar-refractivity contribution is 6.22. The third-order valence-corrected chi connectivity index (χ3v) is 4.32. The number of hydrogen-bond acceptors (Lipinski definition) is 3. The number of fused-ring (bicyclic) bond motifs is 1. The van der Waals surface area contributed by atoms with E-state index in [0.717, 1.165) is 18.5 Å². The summed E-state index contributed by atoms with van der Waals surface area (Å²) >= 11 is 0. The third kappa shape index (κ3) is 1.56. The molecular weight excluding hydrogens is 240 g/mol. The first-order chi connectivity index (χ1) is 8.99. The zero-order valence-electron chi connectivity index (χ0n) is 11.5. The number of carbonyl (C=O) groups excluding carboxylic acids is 2. The van der Waals surface area contributed by atoms with E-state index >= 15 is 0 Å². The monoisotopic (exact) mass is 258 g/mol. The summed E-state index contributed by atoms with van der Waals surface area (Å²) in [7, 11) is 3.76. The molecule has 1 unspecified atom stereocenters. The van der Waals surface area contributed by atoms with Crippen LogP contribution in [0.2, 0.25) is 0 Å². The molecule has 3 rings (SSSR count). The van der Waals surface area contributed by atoms with Crippen LogP contribution in [0.5, 0.6) is 0 Å². The predicted molar refractivity (Wildman–Crippen MR) is 73.4 cm³/mol. The van der Waals surface area contributed by atoms with Crippen molar-refractivity contribution in [3.63, 3.8) is 0 Å². The maximum absolute atomic E-state index is 12.7. The molecule has 0 saturated heterocycles. The highest BCUT2D eigenvalue weighted by atomic mass is 16.2. The summed E-state index contributed by atoms with van der Waals surface area (Å²) in [5.74, 6) is 0.128. The average Bonchev–Trinajstić information content (AvgIpc) is 3.14. The van der Waals surface area contributed by atoms with Gasteiger partial charge in [0.1, 0.15) is 5.54 Å². The summed E-state index contributed by atoms with van der Waals surface area (Å²) in [5.41, 5.74) is 0.911. The molecule has 1 aliphatic carbocycles. The Bertz CT molecular complexity index is 561. The van der Waals surface area contributed by atoms with E-state index < -0.39 is 5.54 Å². The van der Waals surface area contributed by atoms with Gasteiger partial charge in [-0.05, 0) is 46.0 Å². The van der Waals surface area contributed by atoms with Crippen LogP contribution < -0.4 is 4.90 Å². The predicted octanol–water partition coefficient (Wildman–Crippen LogP) is 1.70. The molecule has 1 aromatic rings. The minimum absolute atomic E-state index is 0.0146. The second-order valence-electron chi connectivity index (χ2n) is 5.69. The van der Waals surface area contributed by atoms with Crippen molar-refractivity contribution in [1.29, 1.82) is 0 Å². The second-order valence-corrected chi connectivity index (χ2v) is 5.69. The van der Waals surface area contributed by atoms with Gasteiger partial charge in [0.2, 0.25) is 5.91 Å². The van der Waals surface area contributed by atoms with Gasteiger partial charge in [-0.2, -0.15) is 0 Å². The Morgan fingerprint density at radius 2 is 1.95 bits per heavy atom. The van der Waals surface area contributed by atoms with E-state index in [1.54, 1.807) is 4.90 Å². The standard InChI is InChI=1S/C15H18N2O2/c1-10(16(2)3)14(19)17-12-7-5-4-6-11(12)13(18)15(17)8-9-15/h4-7,10H,8-9H2,1-3H3. The summed E-state index contributed by atoms with van der Waals surface area (Å²) in [5, 5.41) is 0. The lowest BCUT2D eigenvalue weighted by molar-refractivity contribution is -0.122. The van der Waals surface area contributed by atoms with Crippen molar-refractivity contribution in [3.8, 4) is 0 Å². The van der Waals surface area contributed by atoms with Crippen molar-refractivity contribution in [1.82, 2.24) is 4.90 Å². The summed E-state index contributed by atoms with van der Waals surface area (Å²) in [6, 6.07) is 7.22. The highest BCUT2D eigenvalue weighted by Crippen LogP contribution is 2.53. The molecule has 0 bridgehead atoms. The maximum atomic E-state index is 12.7. The first kappa shape index (κ1) is 12.4. The first-order valence-corrected chi connectivity index (χ1v) is 6.63. The summed E-state index contributed by atoms with van der Waals surface area (Å²) < 4.78 is 0. The van der Waals surface area contributed by atoms with E-state index in [9.17, 15) is 9.59 Å². The number of benzene rings is 1. The molecule has 100 valence electrons. The fraction of sp³-hybridized carbons (Fsp3) is 0.467. The smallest absolute Gasteiger partial charge is 0.244 e. The van der Waals surface area contributed by atoms with Crippen molar-refractivity contribution in [2.24, 2.45) is 0 Å². The molecular formula is C15H18N2O2. The number of carbonyl (C=O) groups is 2. The van der Waals surface area contributed by atoms with Gasteiger partial charge in [-0.25, -0.2) is 0 Å². The lowest BCUT2D eigenvalue weighted by atomic mass is 10.1. The number of rotatable bonds is 2. The molecule has 1 atom stereocenters. The largest absolute Gasteiger partial charge is 0.298 e. The van der Waals surface area contributed by atoms with E-state index in [1.165, 1.54) is 0 Å². The van der Waals surface area contributed by atoms with E-state index in [2.05, 4.69) is 0 Å². The number of amides is 1. The molecule has 4 nitrogen and oxygen atoms in total. The van der Waals surface area contributed by atoms with E-state index in [1.807, 2.05) is 50.2 Å². The van der Waals surface area contributed by atoms with Crippen LogP contribution in [-0.2, 0) is 4.79 Å². The molecule has 2 aliphatic rings. The molecule has 1 spiro atoms. The number of ketones is 1. The minimum atomic E-state index is -0.564. The van der Waals surface area contributed by atoms with Gasteiger partial charge in [0.05, 0.1) is 11.7 Å². The number of likely N-dealkylation sites (N-methyl/N-ethyl adjacent to an activating group) is 1. The Kier molecular flexibility index (Phi) is 2.54. The molecule has 0 N–H and O–H groups in total. The second kappa shape index (κ2) is 3.90. The molecule has 1 aliphatic heterocycles. The Labute approximate surface area is 113 Å². The minimum Gasteiger partial charge on any atom is -0.298 e. The van der Waals surface area contributed by atoms with Gasteiger partial charge in [-0.3, -0.25) is 19.4 Å². The summed E-state index contributed by atoms with van der Waals surface area (Å²) in [4.78, 5) is 28.8. The molecule has 1 amide bonds. The van der Waals surface area contributed by atoms with Crippen molar-refractivity contribution in [2.75, 3.05) is 19.0 Å². The van der Waals surface area contributed by atoms with Crippen molar-refractivity contribution in [3.05, 3.63) is 29.8 Å². The lowest BCUT2D eigenvalue weighted by Gasteiger charge is -2.29. The third-order valence-electron chi connectivity index (χ3n) is 4.32. The molecule has 1 fully saturated rings. The molecule has 1 aromatic carbocycles. The van der Waals surface area contributed by atoms with Crippen LogP contribution in [-0.4, -0.2) is 42.3 Å². The van der Waals surface area contributed by atoms with Crippen molar-refractivity contribution in [2.45, 2.75) is 31.3 Å². The van der Waals surface area contributed by atoms with Gasteiger partial charge in [0.25, 0.3) is 0 Å². The van der Waals surface area contributed by atoms with E-state index in [4.69, 9.17) is 0 Å². The van der Waals surface area contributed by atoms with Crippen molar-refractivity contribution < 1.29 is 9.59 Å². The van der Waals surface area contributed by atoms with Crippen molar-refractivity contribution >= 4 is 17.4 Å². The molecule has 1 saturated carbocycles. The fourth-order valence-corrected chi connectivity index (χ4v) is 2.75. The van der Waals surface area contributed by atoms with Gasteiger partial charge in [-0.1, -0.05) is 12.1 Å². The highest BCUT2D eigenvalue weighted by Gasteiger charge is 2.62. The SMILES string of the molecule is CC(C(=O)N1c2ccccc2C(=O)C12CC2)N(C)C. The number of Topliss-reactive ketones (excluding diaryl/α,β-unsaturated/α-hetero) is 1. The Hall–Kier alpha value is -1.68. The zero-order valence-corrected chi connectivity index (χ0v) is 11.5. The van der Waals surface area contributed by atoms with Crippen LogP contribution in [0.4, 0.5) is 5.69 Å². The van der Waals surface area contributed by atoms with Gasteiger partial charge in [0, 0.05) is 5.56 Å². The molecule has 19 heavy (non-hydrogen) atoms. The van der Waals surface area contributed by atoms with Crippen LogP contribution in [0.25, 0.3) is 0 Å². The molecule has 1 heterocycles. The normalized spacial score (nSPS) is 20.8. The maximum Gasteiger partial charge on any atom is 0.244 e. The number of hydrogen-bond donors (Lipinski definition) is 0. The average molecular weight is 258 g/mol. The van der Waals surface area contributed by atoms with Gasteiger partial charge in [0.15, 0.2) is 5.78 Å². The Balaban J connectivity index is 2.06. The molecule has 4 heteroatoms. The first-order valence-electron chi connectivity index (χ1n) is 6.63. The zero-order chi connectivity index (χ0) is 13.8. The van der Waals surface area contributed by atoms with Crippen LogP contribution >= 0.6 is 0 Å². The quantitative estimate of drug-likeness (QED) is 0.810. The fourth-order valence-electron chi connectivity index (χ4n) is 2.75. The Morgan fingerprint density at radius 3 is 2.53 bits per heavy atom. The molecule has 0 radical (unpaired) electrons. The number of nitrogens with zero attached hydrogens (tertiary/aromatic N) is 2. The van der Waals surface area contributed by atoms with Crippen LogP contribution in [0.15, 0.2) is 24.3 Å². The van der Waals surface area contributed by atoms with E-state index in [0.29, 0.717) is 5.56 Å². The van der Waals surface area contributed by atoms with E-state index in [-0.39, 0.29) is 17.7 Å². The number of anilines is 1. The van der Waals surface area contributed by atoms with Gasteiger partial charge in [-0.15, -0.1) is 0 Å².